The van der Waals surface area contributed by atoms with Crippen molar-refractivity contribution in [2.24, 2.45) is 5.11 Å². The number of hydrogen-bond acceptors (Lipinski definition) is 2. The van der Waals surface area contributed by atoms with Crippen LogP contribution < -0.4 is 0 Å². The van der Waals surface area contributed by atoms with E-state index >= 15 is 0 Å². The van der Waals surface area contributed by atoms with Gasteiger partial charge in [0.2, 0.25) is 0 Å². The number of rotatable bonds is 6. The molecule has 0 atom stereocenters. The maximum absolute atomic E-state index is 8.52. The molecular weight excluding hydrogens is 154 g/mol. The summed E-state index contributed by atoms with van der Waals surface area (Å²) in [5.74, 6) is 0. The van der Waals surface area contributed by atoms with Gasteiger partial charge < -0.3 is 5.11 Å². The van der Waals surface area contributed by atoms with Crippen molar-refractivity contribution >= 4 is 0 Å². The van der Waals surface area contributed by atoms with E-state index in [0.717, 1.165) is 25.7 Å². The van der Waals surface area contributed by atoms with Crippen molar-refractivity contribution in [2.45, 2.75) is 45.1 Å². The summed E-state index contributed by atoms with van der Waals surface area (Å²) in [5, 5.41) is 12.2. The van der Waals surface area contributed by atoms with Gasteiger partial charge in [-0.1, -0.05) is 31.8 Å². The van der Waals surface area contributed by atoms with E-state index in [9.17, 15) is 0 Å². The Morgan fingerprint density at radius 1 is 1.33 bits per heavy atom. The zero-order chi connectivity index (χ0) is 9.45. The van der Waals surface area contributed by atoms with E-state index in [4.69, 9.17) is 10.6 Å². The fourth-order valence-electron chi connectivity index (χ4n) is 1.02. The van der Waals surface area contributed by atoms with Crippen LogP contribution in [-0.4, -0.2) is 17.3 Å². The topological polar surface area (TPSA) is 69.0 Å². The van der Waals surface area contributed by atoms with Gasteiger partial charge in [-0.2, -0.15) is 0 Å². The highest BCUT2D eigenvalue weighted by Crippen LogP contribution is 2.18. The van der Waals surface area contributed by atoms with Crippen LogP contribution in [-0.2, 0) is 0 Å². The van der Waals surface area contributed by atoms with Crippen LogP contribution in [0.15, 0.2) is 5.11 Å². The molecule has 0 aromatic heterocycles. The van der Waals surface area contributed by atoms with Crippen LogP contribution in [0.1, 0.15) is 39.5 Å². The molecule has 0 aliphatic rings. The maximum Gasteiger partial charge on any atom is 0.0432 e. The quantitative estimate of drug-likeness (QED) is 0.284. The minimum Gasteiger partial charge on any atom is -0.396 e. The lowest BCUT2D eigenvalue weighted by molar-refractivity contribution is 0.280. The molecule has 0 aliphatic heterocycles. The summed E-state index contributed by atoms with van der Waals surface area (Å²) in [5.41, 5.74) is 7.95. The molecule has 0 amide bonds. The third-order valence-corrected chi connectivity index (χ3v) is 1.76. The van der Waals surface area contributed by atoms with E-state index in [2.05, 4.69) is 10.0 Å². The Morgan fingerprint density at radius 3 is 2.50 bits per heavy atom. The first-order valence-corrected chi connectivity index (χ1v) is 4.29. The summed E-state index contributed by atoms with van der Waals surface area (Å²) in [6.07, 6.45) is 3.73. The number of hydrogen-bond donors (Lipinski definition) is 1. The summed E-state index contributed by atoms with van der Waals surface area (Å²) in [7, 11) is 0. The number of unbranched alkanes of at least 4 members (excludes halogenated alkanes) is 2. The highest BCUT2D eigenvalue weighted by atomic mass is 16.2. The molecule has 0 heterocycles. The highest BCUT2D eigenvalue weighted by Gasteiger charge is 2.13. The molecule has 0 saturated carbocycles. The molecule has 0 aliphatic carbocycles. The standard InChI is InChI=1S/C8H17N3O/c1-8(2,10-11-9)6-4-3-5-7-12/h12H,3-7H2,1-2H3. The molecule has 4 heteroatoms. The van der Waals surface area contributed by atoms with Gasteiger partial charge >= 0.3 is 0 Å². The summed E-state index contributed by atoms with van der Waals surface area (Å²) in [6, 6.07) is 0. The zero-order valence-corrected chi connectivity index (χ0v) is 7.82. The van der Waals surface area contributed by atoms with Gasteiger partial charge in [-0.15, -0.1) is 0 Å². The van der Waals surface area contributed by atoms with Gasteiger partial charge in [-0.05, 0) is 18.4 Å². The van der Waals surface area contributed by atoms with E-state index in [1.165, 1.54) is 0 Å². The SMILES string of the molecule is CC(C)(CCCCCO)N=[N+]=[N-]. The highest BCUT2D eigenvalue weighted by molar-refractivity contribution is 4.77. The minimum atomic E-state index is -0.274. The van der Waals surface area contributed by atoms with Crippen LogP contribution in [0.2, 0.25) is 0 Å². The van der Waals surface area contributed by atoms with Gasteiger partial charge in [0.1, 0.15) is 0 Å². The van der Waals surface area contributed by atoms with E-state index in [1.807, 2.05) is 13.8 Å². The fraction of sp³-hybridized carbons (Fsp3) is 1.00. The molecule has 0 saturated heterocycles. The molecule has 0 radical (unpaired) electrons. The Hall–Kier alpha value is -0.730. The molecule has 1 N–H and O–H groups in total. The first-order valence-electron chi connectivity index (χ1n) is 4.29. The molecule has 0 rings (SSSR count). The number of aliphatic hydroxyl groups excluding tert-OH is 1. The normalized spacial score (nSPS) is 10.9. The van der Waals surface area contributed by atoms with Crippen molar-refractivity contribution in [3.05, 3.63) is 10.4 Å². The number of azide groups is 1. The predicted molar refractivity (Wildman–Crippen MR) is 48.8 cm³/mol. The molecule has 70 valence electrons. The van der Waals surface area contributed by atoms with Gasteiger partial charge in [-0.3, -0.25) is 0 Å². The second-order valence-corrected chi connectivity index (χ2v) is 3.54. The molecule has 0 spiro atoms. The molecule has 0 aromatic rings. The lowest BCUT2D eigenvalue weighted by Gasteiger charge is -2.16. The van der Waals surface area contributed by atoms with Crippen molar-refractivity contribution in [3.63, 3.8) is 0 Å². The first kappa shape index (κ1) is 11.3. The second-order valence-electron chi connectivity index (χ2n) is 3.54. The largest absolute Gasteiger partial charge is 0.396 e. The lowest BCUT2D eigenvalue weighted by Crippen LogP contribution is -2.14. The van der Waals surface area contributed by atoms with E-state index in [-0.39, 0.29) is 12.1 Å². The van der Waals surface area contributed by atoms with Gasteiger partial charge in [0.05, 0.1) is 0 Å². The van der Waals surface area contributed by atoms with Crippen LogP contribution in [0.4, 0.5) is 0 Å². The number of aliphatic hydroxyl groups is 1. The van der Waals surface area contributed by atoms with E-state index < -0.39 is 0 Å². The van der Waals surface area contributed by atoms with Gasteiger partial charge in [0.15, 0.2) is 0 Å². The van der Waals surface area contributed by atoms with Crippen LogP contribution >= 0.6 is 0 Å². The molecule has 0 unspecified atom stereocenters. The molecule has 4 nitrogen and oxygen atoms in total. The average Bonchev–Trinajstić information content (AvgIpc) is 1.98. The maximum atomic E-state index is 8.52. The van der Waals surface area contributed by atoms with Gasteiger partial charge in [0.25, 0.3) is 0 Å². The van der Waals surface area contributed by atoms with E-state index in [1.54, 1.807) is 0 Å². The van der Waals surface area contributed by atoms with Gasteiger partial charge in [-0.25, -0.2) is 0 Å². The summed E-state index contributed by atoms with van der Waals surface area (Å²) < 4.78 is 0. The summed E-state index contributed by atoms with van der Waals surface area (Å²) in [4.78, 5) is 2.78. The average molecular weight is 171 g/mol. The smallest absolute Gasteiger partial charge is 0.0432 e. The Bertz CT molecular complexity index is 162. The molecule has 0 bridgehead atoms. The van der Waals surface area contributed by atoms with Crippen molar-refractivity contribution in [2.75, 3.05) is 6.61 Å². The van der Waals surface area contributed by atoms with E-state index in [0.29, 0.717) is 0 Å². The van der Waals surface area contributed by atoms with Crippen LogP contribution in [0.3, 0.4) is 0 Å². The Morgan fingerprint density at radius 2 is 2.00 bits per heavy atom. The van der Waals surface area contributed by atoms with Crippen LogP contribution in [0, 0.1) is 0 Å². The Balaban J connectivity index is 3.54. The number of nitrogens with zero attached hydrogens (tertiary/aromatic N) is 3. The predicted octanol–water partition coefficient (Wildman–Crippen LogP) is 2.63. The molecule has 0 fully saturated rings. The minimum absolute atomic E-state index is 0.252. The third kappa shape index (κ3) is 6.01. The molecule has 12 heavy (non-hydrogen) atoms. The first-order chi connectivity index (χ1) is 5.62. The molecule has 0 aromatic carbocycles. The monoisotopic (exact) mass is 171 g/mol. The lowest BCUT2D eigenvalue weighted by atomic mass is 9.98. The van der Waals surface area contributed by atoms with Crippen LogP contribution in [0.25, 0.3) is 10.4 Å². The van der Waals surface area contributed by atoms with Crippen molar-refractivity contribution in [3.8, 4) is 0 Å². The van der Waals surface area contributed by atoms with Crippen molar-refractivity contribution < 1.29 is 5.11 Å². The van der Waals surface area contributed by atoms with Crippen LogP contribution in [0.5, 0.6) is 0 Å². The summed E-state index contributed by atoms with van der Waals surface area (Å²) >= 11 is 0. The summed E-state index contributed by atoms with van der Waals surface area (Å²) in [6.45, 7) is 4.10. The Labute approximate surface area is 73.2 Å². The van der Waals surface area contributed by atoms with Crippen molar-refractivity contribution in [1.29, 1.82) is 0 Å². The second kappa shape index (κ2) is 5.86. The van der Waals surface area contributed by atoms with Gasteiger partial charge in [0, 0.05) is 17.1 Å². The van der Waals surface area contributed by atoms with Crippen molar-refractivity contribution in [1.82, 2.24) is 0 Å². The third-order valence-electron chi connectivity index (χ3n) is 1.76. The zero-order valence-electron chi connectivity index (χ0n) is 7.82. The Kier molecular flexibility index (Phi) is 5.51. The fourth-order valence-corrected chi connectivity index (χ4v) is 1.02. The molecular formula is C8H17N3O.